The van der Waals surface area contributed by atoms with Crippen LogP contribution in [0.5, 0.6) is 11.5 Å². The maximum Gasteiger partial charge on any atom is 0.318 e. The molecule has 0 saturated carbocycles. The monoisotopic (exact) mass is 413 g/mol. The first kappa shape index (κ1) is 19.7. The van der Waals surface area contributed by atoms with Crippen LogP contribution in [-0.4, -0.2) is 14.8 Å². The summed E-state index contributed by atoms with van der Waals surface area (Å²) in [7, 11) is 0. The molecule has 1 heterocycles. The number of para-hydroxylation sites is 1. The van der Waals surface area contributed by atoms with Crippen LogP contribution < -0.4 is 4.74 Å². The SMILES string of the molecule is O=[N+]([O-])c1ccc(Oc2ccc(/C=C/c3cnc4ccccc4c3)cc2)c([N+](=O)[O-])c1. The van der Waals surface area contributed by atoms with E-state index in [1.54, 1.807) is 30.5 Å². The van der Waals surface area contributed by atoms with Crippen LogP contribution >= 0.6 is 0 Å². The summed E-state index contributed by atoms with van der Waals surface area (Å²) in [6.45, 7) is 0. The first-order valence-corrected chi connectivity index (χ1v) is 9.23. The van der Waals surface area contributed by atoms with E-state index in [2.05, 4.69) is 4.98 Å². The molecule has 8 heteroatoms. The number of hydrogen-bond donors (Lipinski definition) is 0. The average Bonchev–Trinajstić information content (AvgIpc) is 2.78. The van der Waals surface area contributed by atoms with E-state index in [0.29, 0.717) is 5.75 Å². The van der Waals surface area contributed by atoms with Crippen molar-refractivity contribution in [1.82, 2.24) is 4.98 Å². The minimum absolute atomic E-state index is 0.0684. The van der Waals surface area contributed by atoms with Crippen molar-refractivity contribution in [3.8, 4) is 11.5 Å². The minimum atomic E-state index is -0.711. The summed E-state index contributed by atoms with van der Waals surface area (Å²) in [6.07, 6.45) is 5.66. The predicted molar refractivity (Wildman–Crippen MR) is 117 cm³/mol. The second-order valence-corrected chi connectivity index (χ2v) is 6.63. The molecule has 0 aliphatic carbocycles. The molecule has 0 aliphatic heterocycles. The summed E-state index contributed by atoms with van der Waals surface area (Å²) < 4.78 is 5.57. The van der Waals surface area contributed by atoms with Crippen molar-refractivity contribution in [1.29, 1.82) is 0 Å². The molecular formula is C23H15N3O5. The summed E-state index contributed by atoms with van der Waals surface area (Å²) in [5, 5.41) is 23.1. The highest BCUT2D eigenvalue weighted by Crippen LogP contribution is 2.34. The van der Waals surface area contributed by atoms with Crippen LogP contribution in [0.3, 0.4) is 0 Å². The minimum Gasteiger partial charge on any atom is -0.450 e. The van der Waals surface area contributed by atoms with Gasteiger partial charge in [-0.2, -0.15) is 0 Å². The fraction of sp³-hybridized carbons (Fsp3) is 0. The van der Waals surface area contributed by atoms with Gasteiger partial charge in [0.15, 0.2) is 0 Å². The van der Waals surface area contributed by atoms with Gasteiger partial charge in [-0.15, -0.1) is 0 Å². The van der Waals surface area contributed by atoms with Crippen molar-refractivity contribution >= 4 is 34.4 Å². The van der Waals surface area contributed by atoms with Gasteiger partial charge in [0.25, 0.3) is 5.69 Å². The number of fused-ring (bicyclic) bond motifs is 1. The maximum absolute atomic E-state index is 11.2. The normalized spacial score (nSPS) is 11.0. The zero-order valence-electron chi connectivity index (χ0n) is 16.0. The molecule has 0 atom stereocenters. The van der Waals surface area contributed by atoms with Gasteiger partial charge >= 0.3 is 5.69 Å². The molecule has 4 rings (SSSR count). The third-order valence-electron chi connectivity index (χ3n) is 4.54. The third-order valence-corrected chi connectivity index (χ3v) is 4.54. The van der Waals surface area contributed by atoms with Crippen molar-refractivity contribution < 1.29 is 14.6 Å². The Morgan fingerprint density at radius 2 is 1.55 bits per heavy atom. The van der Waals surface area contributed by atoms with Gasteiger partial charge in [-0.3, -0.25) is 25.2 Å². The van der Waals surface area contributed by atoms with Crippen molar-refractivity contribution in [2.75, 3.05) is 0 Å². The third kappa shape index (κ3) is 4.54. The topological polar surface area (TPSA) is 108 Å². The number of hydrogen-bond acceptors (Lipinski definition) is 6. The van der Waals surface area contributed by atoms with Gasteiger partial charge in [0.2, 0.25) is 5.75 Å². The second kappa shape index (κ2) is 8.42. The van der Waals surface area contributed by atoms with Crippen LogP contribution in [0.4, 0.5) is 11.4 Å². The van der Waals surface area contributed by atoms with E-state index in [1.165, 1.54) is 6.07 Å². The number of nitro groups is 2. The summed E-state index contributed by atoms with van der Waals surface area (Å²) >= 11 is 0. The van der Waals surface area contributed by atoms with E-state index in [1.807, 2.05) is 42.5 Å². The lowest BCUT2D eigenvalue weighted by molar-refractivity contribution is -0.394. The van der Waals surface area contributed by atoms with Gasteiger partial charge in [-0.25, -0.2) is 0 Å². The number of pyridine rings is 1. The lowest BCUT2D eigenvalue weighted by Gasteiger charge is -2.06. The molecule has 0 amide bonds. The van der Waals surface area contributed by atoms with Crippen molar-refractivity contribution in [2.45, 2.75) is 0 Å². The van der Waals surface area contributed by atoms with E-state index < -0.39 is 15.5 Å². The summed E-state index contributed by atoms with van der Waals surface area (Å²) in [5.74, 6) is 0.308. The number of nitrogens with zero attached hydrogens (tertiary/aromatic N) is 3. The number of ether oxygens (including phenoxy) is 1. The lowest BCUT2D eigenvalue weighted by Crippen LogP contribution is -1.96. The fourth-order valence-electron chi connectivity index (χ4n) is 2.99. The van der Waals surface area contributed by atoms with E-state index in [4.69, 9.17) is 4.74 Å². The van der Waals surface area contributed by atoms with Crippen LogP contribution in [0.15, 0.2) is 79.0 Å². The zero-order chi connectivity index (χ0) is 21.8. The van der Waals surface area contributed by atoms with E-state index in [9.17, 15) is 20.2 Å². The number of nitro benzene ring substituents is 2. The Kier molecular flexibility index (Phi) is 5.35. The van der Waals surface area contributed by atoms with E-state index >= 15 is 0 Å². The number of benzene rings is 3. The average molecular weight is 413 g/mol. The van der Waals surface area contributed by atoms with Crippen LogP contribution in [0.1, 0.15) is 11.1 Å². The molecule has 8 nitrogen and oxygen atoms in total. The Hall–Kier alpha value is -4.59. The largest absolute Gasteiger partial charge is 0.450 e. The molecule has 4 aromatic rings. The van der Waals surface area contributed by atoms with Gasteiger partial charge in [-0.1, -0.05) is 42.5 Å². The molecule has 0 fully saturated rings. The summed E-state index contributed by atoms with van der Waals surface area (Å²) in [5.41, 5.74) is 1.95. The lowest BCUT2D eigenvalue weighted by atomic mass is 10.1. The molecule has 0 aliphatic rings. The molecule has 1 aromatic heterocycles. The number of rotatable bonds is 6. The van der Waals surface area contributed by atoms with Crippen LogP contribution in [-0.2, 0) is 0 Å². The maximum atomic E-state index is 11.2. The predicted octanol–water partition coefficient (Wildman–Crippen LogP) is 6.01. The first-order chi connectivity index (χ1) is 15.0. The van der Waals surface area contributed by atoms with E-state index in [-0.39, 0.29) is 11.4 Å². The van der Waals surface area contributed by atoms with Gasteiger partial charge < -0.3 is 4.74 Å². The molecule has 0 unspecified atom stereocenters. The molecule has 0 saturated heterocycles. The Bertz CT molecular complexity index is 1320. The molecule has 0 spiro atoms. The Morgan fingerprint density at radius 3 is 2.29 bits per heavy atom. The van der Waals surface area contributed by atoms with Crippen molar-refractivity contribution in [3.63, 3.8) is 0 Å². The molecule has 0 N–H and O–H groups in total. The van der Waals surface area contributed by atoms with Gasteiger partial charge in [0.1, 0.15) is 5.75 Å². The van der Waals surface area contributed by atoms with Crippen molar-refractivity contribution in [2.24, 2.45) is 0 Å². The highest BCUT2D eigenvalue weighted by Gasteiger charge is 2.21. The molecule has 31 heavy (non-hydrogen) atoms. The van der Waals surface area contributed by atoms with Crippen molar-refractivity contribution in [3.05, 3.63) is 110 Å². The highest BCUT2D eigenvalue weighted by molar-refractivity contribution is 5.82. The fourth-order valence-corrected chi connectivity index (χ4v) is 2.99. The molecule has 152 valence electrons. The second-order valence-electron chi connectivity index (χ2n) is 6.63. The van der Waals surface area contributed by atoms with Gasteiger partial charge in [0.05, 0.1) is 21.4 Å². The highest BCUT2D eigenvalue weighted by atomic mass is 16.6. The Labute approximate surface area is 176 Å². The first-order valence-electron chi connectivity index (χ1n) is 9.23. The molecule has 0 radical (unpaired) electrons. The summed E-state index contributed by atoms with van der Waals surface area (Å²) in [4.78, 5) is 25.1. The molecule has 0 bridgehead atoms. The van der Waals surface area contributed by atoms with Crippen LogP contribution in [0.2, 0.25) is 0 Å². The van der Waals surface area contributed by atoms with E-state index in [0.717, 1.165) is 34.2 Å². The Morgan fingerprint density at radius 1 is 0.806 bits per heavy atom. The van der Waals surface area contributed by atoms with Gasteiger partial charge in [-0.05, 0) is 41.5 Å². The Balaban J connectivity index is 1.51. The number of aromatic nitrogens is 1. The van der Waals surface area contributed by atoms with Crippen LogP contribution in [0, 0.1) is 20.2 Å². The summed E-state index contributed by atoms with van der Waals surface area (Å²) in [6, 6.07) is 20.1. The molecule has 3 aromatic carbocycles. The van der Waals surface area contributed by atoms with Gasteiger partial charge in [0, 0.05) is 17.6 Å². The quantitative estimate of drug-likeness (QED) is 0.283. The zero-order valence-corrected chi connectivity index (χ0v) is 16.0. The van der Waals surface area contributed by atoms with Crippen LogP contribution in [0.25, 0.3) is 23.1 Å². The molecular weight excluding hydrogens is 398 g/mol. The standard InChI is InChI=1S/C23H15N3O5/c27-25(28)19-9-12-23(22(14-19)26(29)30)31-20-10-7-16(8-11-20)5-6-17-13-18-3-1-2-4-21(18)24-15-17/h1-15H/b6-5+. The number of non-ortho nitro benzene ring substituents is 1. The smallest absolute Gasteiger partial charge is 0.318 e.